The fraction of sp³-hybridized carbons (Fsp3) is 0.0667. The molecule has 4 heteroatoms. The van der Waals surface area contributed by atoms with Crippen LogP contribution in [-0.4, -0.2) is 23.4 Å². The van der Waals surface area contributed by atoms with Gasteiger partial charge in [-0.15, -0.1) is 0 Å². The fourth-order valence-corrected chi connectivity index (χ4v) is 2.11. The Morgan fingerprint density at radius 1 is 1.26 bits per heavy atom. The molecule has 19 heavy (non-hydrogen) atoms. The first kappa shape index (κ1) is 11.5. The summed E-state index contributed by atoms with van der Waals surface area (Å²) < 4.78 is 5.34. The van der Waals surface area contributed by atoms with Crippen molar-refractivity contribution in [2.75, 3.05) is 7.11 Å². The maximum Gasteiger partial charge on any atom is 0.150 e. The molecule has 0 spiro atoms. The molecular formula is C15H12N2O2. The Hall–Kier alpha value is -2.62. The van der Waals surface area contributed by atoms with Crippen molar-refractivity contribution >= 4 is 17.3 Å². The zero-order chi connectivity index (χ0) is 13.2. The van der Waals surface area contributed by atoms with Crippen LogP contribution in [-0.2, 0) is 0 Å². The molecule has 3 aromatic rings. The molecule has 2 aromatic heterocycles. The van der Waals surface area contributed by atoms with Crippen LogP contribution in [0.3, 0.4) is 0 Å². The van der Waals surface area contributed by atoms with Crippen LogP contribution in [0.15, 0.2) is 42.6 Å². The third-order valence-corrected chi connectivity index (χ3v) is 3.04. The molecule has 0 saturated heterocycles. The number of ether oxygens (including phenoxy) is 1. The van der Waals surface area contributed by atoms with Crippen molar-refractivity contribution in [1.82, 2.24) is 9.97 Å². The topological polar surface area (TPSA) is 55.0 Å². The molecule has 0 amide bonds. The Balaban J connectivity index is 2.17. The number of fused-ring (bicyclic) bond motifs is 1. The van der Waals surface area contributed by atoms with E-state index in [1.54, 1.807) is 25.4 Å². The van der Waals surface area contributed by atoms with E-state index in [0.717, 1.165) is 28.6 Å². The highest BCUT2D eigenvalue weighted by molar-refractivity contribution is 5.86. The molecular weight excluding hydrogens is 240 g/mol. The first-order chi connectivity index (χ1) is 9.31. The number of nitrogens with one attached hydrogen (secondary N) is 1. The number of nitrogens with zero attached hydrogens (tertiary/aromatic N) is 1. The second-order valence-corrected chi connectivity index (χ2v) is 4.20. The summed E-state index contributed by atoms with van der Waals surface area (Å²) in [4.78, 5) is 18.3. The first-order valence-electron chi connectivity index (χ1n) is 5.89. The maximum absolute atomic E-state index is 10.8. The highest BCUT2D eigenvalue weighted by atomic mass is 16.5. The van der Waals surface area contributed by atoms with Gasteiger partial charge in [-0.25, -0.2) is 4.98 Å². The van der Waals surface area contributed by atoms with Gasteiger partial charge in [-0.3, -0.25) is 4.79 Å². The Morgan fingerprint density at radius 2 is 2.16 bits per heavy atom. The summed E-state index contributed by atoms with van der Waals surface area (Å²) in [6.45, 7) is 0. The van der Waals surface area contributed by atoms with Gasteiger partial charge in [0.2, 0.25) is 0 Å². The van der Waals surface area contributed by atoms with Gasteiger partial charge in [0.25, 0.3) is 0 Å². The number of aldehydes is 1. The van der Waals surface area contributed by atoms with Crippen molar-refractivity contribution in [3.8, 4) is 17.0 Å². The molecule has 0 saturated carbocycles. The average molecular weight is 252 g/mol. The average Bonchev–Trinajstić information content (AvgIpc) is 2.90. The predicted molar refractivity (Wildman–Crippen MR) is 73.5 cm³/mol. The van der Waals surface area contributed by atoms with Crippen LogP contribution in [0.4, 0.5) is 0 Å². The van der Waals surface area contributed by atoms with E-state index in [4.69, 9.17) is 4.74 Å². The van der Waals surface area contributed by atoms with E-state index in [1.807, 2.05) is 24.3 Å². The van der Waals surface area contributed by atoms with Crippen molar-refractivity contribution < 1.29 is 9.53 Å². The van der Waals surface area contributed by atoms with Crippen LogP contribution in [0.5, 0.6) is 5.75 Å². The van der Waals surface area contributed by atoms with E-state index in [2.05, 4.69) is 9.97 Å². The van der Waals surface area contributed by atoms with Gasteiger partial charge in [0.1, 0.15) is 17.7 Å². The number of methoxy groups -OCH3 is 1. The molecule has 0 atom stereocenters. The number of carbonyl (C=O) groups excluding carboxylic acids is 1. The Morgan fingerprint density at radius 3 is 2.89 bits per heavy atom. The molecule has 0 radical (unpaired) electrons. The minimum Gasteiger partial charge on any atom is -0.496 e. The number of carbonyl (C=O) groups is 1. The van der Waals surface area contributed by atoms with Crippen LogP contribution < -0.4 is 4.74 Å². The molecule has 0 aliphatic heterocycles. The second kappa shape index (κ2) is 4.57. The van der Waals surface area contributed by atoms with E-state index in [0.29, 0.717) is 11.3 Å². The largest absolute Gasteiger partial charge is 0.496 e. The Labute approximate surface area is 110 Å². The summed E-state index contributed by atoms with van der Waals surface area (Å²) in [7, 11) is 1.59. The number of pyridine rings is 1. The molecule has 1 aromatic carbocycles. The van der Waals surface area contributed by atoms with E-state index >= 15 is 0 Å². The van der Waals surface area contributed by atoms with Crippen molar-refractivity contribution in [3.63, 3.8) is 0 Å². The van der Waals surface area contributed by atoms with E-state index in [1.165, 1.54) is 0 Å². The Kier molecular flexibility index (Phi) is 2.76. The van der Waals surface area contributed by atoms with Gasteiger partial charge < -0.3 is 9.72 Å². The molecule has 2 heterocycles. The maximum atomic E-state index is 10.8. The third-order valence-electron chi connectivity index (χ3n) is 3.04. The highest BCUT2D eigenvalue weighted by Crippen LogP contribution is 2.31. The number of H-pyrrole nitrogens is 1. The van der Waals surface area contributed by atoms with Crippen LogP contribution in [0.1, 0.15) is 10.4 Å². The van der Waals surface area contributed by atoms with E-state index < -0.39 is 0 Å². The monoisotopic (exact) mass is 252 g/mol. The molecule has 94 valence electrons. The summed E-state index contributed by atoms with van der Waals surface area (Å²) in [6, 6.07) is 11.3. The third kappa shape index (κ3) is 1.97. The summed E-state index contributed by atoms with van der Waals surface area (Å²) in [5.41, 5.74) is 3.25. The standard InChI is InChI=1S/C15H12N2O2/c1-19-14-7-10(9-18)4-5-12(14)13-8-11-3-2-6-16-15(11)17-13/h2-9H,1H3,(H,16,17). The van der Waals surface area contributed by atoms with Crippen molar-refractivity contribution in [3.05, 3.63) is 48.2 Å². The first-order valence-corrected chi connectivity index (χ1v) is 5.89. The lowest BCUT2D eigenvalue weighted by atomic mass is 10.1. The van der Waals surface area contributed by atoms with Crippen LogP contribution in [0.2, 0.25) is 0 Å². The van der Waals surface area contributed by atoms with Crippen molar-refractivity contribution in [1.29, 1.82) is 0 Å². The second-order valence-electron chi connectivity index (χ2n) is 4.20. The van der Waals surface area contributed by atoms with Crippen molar-refractivity contribution in [2.45, 2.75) is 0 Å². The zero-order valence-electron chi connectivity index (χ0n) is 10.4. The summed E-state index contributed by atoms with van der Waals surface area (Å²) in [6.07, 6.45) is 2.55. The number of benzene rings is 1. The number of rotatable bonds is 3. The molecule has 0 aliphatic carbocycles. The zero-order valence-corrected chi connectivity index (χ0v) is 10.4. The van der Waals surface area contributed by atoms with E-state index in [-0.39, 0.29) is 0 Å². The Bertz CT molecular complexity index is 714. The minimum absolute atomic E-state index is 0.592. The van der Waals surface area contributed by atoms with Crippen LogP contribution >= 0.6 is 0 Å². The molecule has 1 N–H and O–H groups in total. The number of hydrogen-bond acceptors (Lipinski definition) is 3. The van der Waals surface area contributed by atoms with Gasteiger partial charge in [0.05, 0.1) is 12.8 Å². The molecule has 0 unspecified atom stereocenters. The summed E-state index contributed by atoms with van der Waals surface area (Å²) in [5.74, 6) is 0.663. The molecule has 4 nitrogen and oxygen atoms in total. The summed E-state index contributed by atoms with van der Waals surface area (Å²) in [5, 5.41) is 1.04. The fourth-order valence-electron chi connectivity index (χ4n) is 2.11. The lowest BCUT2D eigenvalue weighted by Crippen LogP contribution is -1.90. The molecule has 0 aliphatic rings. The molecule has 0 bridgehead atoms. The highest BCUT2D eigenvalue weighted by Gasteiger charge is 2.10. The lowest BCUT2D eigenvalue weighted by Gasteiger charge is -2.07. The van der Waals surface area contributed by atoms with Gasteiger partial charge >= 0.3 is 0 Å². The quantitative estimate of drug-likeness (QED) is 0.729. The number of aromatic amines is 1. The van der Waals surface area contributed by atoms with Gasteiger partial charge in [0, 0.05) is 22.7 Å². The van der Waals surface area contributed by atoms with Gasteiger partial charge in [-0.1, -0.05) is 6.07 Å². The van der Waals surface area contributed by atoms with Crippen LogP contribution in [0, 0.1) is 0 Å². The minimum atomic E-state index is 0.592. The van der Waals surface area contributed by atoms with Gasteiger partial charge in [-0.05, 0) is 30.3 Å². The van der Waals surface area contributed by atoms with Gasteiger partial charge in [0.15, 0.2) is 0 Å². The summed E-state index contributed by atoms with van der Waals surface area (Å²) >= 11 is 0. The lowest BCUT2D eigenvalue weighted by molar-refractivity contribution is 0.112. The van der Waals surface area contributed by atoms with E-state index in [9.17, 15) is 4.79 Å². The van der Waals surface area contributed by atoms with Gasteiger partial charge in [-0.2, -0.15) is 0 Å². The number of aromatic nitrogens is 2. The van der Waals surface area contributed by atoms with Crippen molar-refractivity contribution in [2.24, 2.45) is 0 Å². The number of hydrogen-bond donors (Lipinski definition) is 1. The normalized spacial score (nSPS) is 10.6. The SMILES string of the molecule is COc1cc(C=O)ccc1-c1cc2cccnc2[nH]1. The van der Waals surface area contributed by atoms with Crippen LogP contribution in [0.25, 0.3) is 22.3 Å². The predicted octanol–water partition coefficient (Wildman–Crippen LogP) is 3.05. The molecule has 0 fully saturated rings. The smallest absolute Gasteiger partial charge is 0.150 e. The molecule has 3 rings (SSSR count).